The number of hydrogen-bond acceptors (Lipinski definition) is 4. The molecule has 5 heteroatoms. The van der Waals surface area contributed by atoms with Crippen LogP contribution in [0.25, 0.3) is 0 Å². The van der Waals surface area contributed by atoms with Crippen molar-refractivity contribution in [2.45, 2.75) is 19.9 Å². The van der Waals surface area contributed by atoms with Crippen molar-refractivity contribution in [3.05, 3.63) is 41.2 Å². The number of carbonyl (C=O) groups excluding carboxylic acids is 2. The number of amides is 1. The minimum Gasteiger partial charge on any atom is -0.503 e. The van der Waals surface area contributed by atoms with Crippen LogP contribution >= 0.6 is 0 Å². The minimum atomic E-state index is -0.621. The molecule has 1 atom stereocenters. The standard InChI is InChI=1S/C14H15NO4/c1-3-19-10-6-4-9(5-7-10)12-11(8(2)16)13(17)14(18)15-12/h4-7,12,17H,3H2,1-2H3,(H,15,18)/t12-/m0/s1. The van der Waals surface area contributed by atoms with Crippen LogP contribution in [-0.2, 0) is 9.59 Å². The Hall–Kier alpha value is -2.30. The first-order chi connectivity index (χ1) is 9.04. The molecule has 0 radical (unpaired) electrons. The lowest BCUT2D eigenvalue weighted by Crippen LogP contribution is -2.23. The van der Waals surface area contributed by atoms with E-state index in [2.05, 4.69) is 5.32 Å². The molecule has 2 rings (SSSR count). The molecule has 0 saturated heterocycles. The number of benzene rings is 1. The molecular weight excluding hydrogens is 246 g/mol. The van der Waals surface area contributed by atoms with Gasteiger partial charge in [0.15, 0.2) is 11.5 Å². The summed E-state index contributed by atoms with van der Waals surface area (Å²) in [6, 6.07) is 6.45. The maximum Gasteiger partial charge on any atom is 0.287 e. The van der Waals surface area contributed by atoms with Crippen LogP contribution in [0, 0.1) is 0 Å². The number of ether oxygens (including phenoxy) is 1. The number of aliphatic hydroxyl groups is 1. The highest BCUT2D eigenvalue weighted by molar-refractivity contribution is 6.08. The van der Waals surface area contributed by atoms with Crippen molar-refractivity contribution in [1.29, 1.82) is 0 Å². The Morgan fingerprint density at radius 2 is 2.00 bits per heavy atom. The molecular formula is C14H15NO4. The van der Waals surface area contributed by atoms with Gasteiger partial charge in [0.1, 0.15) is 5.75 Å². The normalized spacial score (nSPS) is 18.4. The molecule has 1 aromatic rings. The number of hydrogen-bond donors (Lipinski definition) is 2. The highest BCUT2D eigenvalue weighted by Gasteiger charge is 2.35. The molecule has 0 unspecified atom stereocenters. The van der Waals surface area contributed by atoms with Crippen LogP contribution in [0.1, 0.15) is 25.5 Å². The lowest BCUT2D eigenvalue weighted by Gasteiger charge is -2.14. The highest BCUT2D eigenvalue weighted by atomic mass is 16.5. The van der Waals surface area contributed by atoms with Crippen LogP contribution in [-0.4, -0.2) is 23.4 Å². The molecule has 1 heterocycles. The van der Waals surface area contributed by atoms with E-state index in [0.29, 0.717) is 12.4 Å². The summed E-state index contributed by atoms with van der Waals surface area (Å²) >= 11 is 0. The van der Waals surface area contributed by atoms with E-state index in [1.54, 1.807) is 24.3 Å². The highest BCUT2D eigenvalue weighted by Crippen LogP contribution is 2.30. The van der Waals surface area contributed by atoms with Gasteiger partial charge in [-0.1, -0.05) is 12.1 Å². The Balaban J connectivity index is 2.32. The smallest absolute Gasteiger partial charge is 0.287 e. The molecule has 1 aromatic carbocycles. The summed E-state index contributed by atoms with van der Waals surface area (Å²) in [5.74, 6) is -0.724. The molecule has 0 bridgehead atoms. The number of nitrogens with one attached hydrogen (secondary N) is 1. The van der Waals surface area contributed by atoms with Gasteiger partial charge in [-0.15, -0.1) is 0 Å². The van der Waals surface area contributed by atoms with Crippen molar-refractivity contribution in [2.75, 3.05) is 6.61 Å². The monoisotopic (exact) mass is 261 g/mol. The fourth-order valence-corrected chi connectivity index (χ4v) is 2.07. The molecule has 1 aliphatic rings. The molecule has 5 nitrogen and oxygen atoms in total. The van der Waals surface area contributed by atoms with Gasteiger partial charge in [-0.2, -0.15) is 0 Å². The Morgan fingerprint density at radius 1 is 1.37 bits per heavy atom. The van der Waals surface area contributed by atoms with Gasteiger partial charge in [0.25, 0.3) is 5.91 Å². The van der Waals surface area contributed by atoms with Gasteiger partial charge in [0.05, 0.1) is 18.2 Å². The van der Waals surface area contributed by atoms with Crippen LogP contribution in [0.15, 0.2) is 35.6 Å². The zero-order valence-electron chi connectivity index (χ0n) is 10.8. The fourth-order valence-electron chi connectivity index (χ4n) is 2.07. The summed E-state index contributed by atoms with van der Waals surface area (Å²) in [4.78, 5) is 23.0. The van der Waals surface area contributed by atoms with Gasteiger partial charge in [0, 0.05) is 0 Å². The van der Waals surface area contributed by atoms with E-state index in [9.17, 15) is 14.7 Å². The quantitative estimate of drug-likeness (QED) is 0.864. The van der Waals surface area contributed by atoms with E-state index in [4.69, 9.17) is 4.74 Å². The van der Waals surface area contributed by atoms with Crippen LogP contribution in [0.5, 0.6) is 5.75 Å². The predicted octanol–water partition coefficient (Wildman–Crippen LogP) is 1.66. The van der Waals surface area contributed by atoms with Crippen LogP contribution in [0.4, 0.5) is 0 Å². The lowest BCUT2D eigenvalue weighted by atomic mass is 9.98. The van der Waals surface area contributed by atoms with Crippen molar-refractivity contribution in [3.8, 4) is 5.75 Å². The van der Waals surface area contributed by atoms with Gasteiger partial charge >= 0.3 is 0 Å². The summed E-state index contributed by atoms with van der Waals surface area (Å²) in [5.41, 5.74) is 0.834. The number of rotatable bonds is 4. The molecule has 1 amide bonds. The first-order valence-corrected chi connectivity index (χ1v) is 6.02. The van der Waals surface area contributed by atoms with Crippen molar-refractivity contribution in [2.24, 2.45) is 0 Å². The summed E-state index contributed by atoms with van der Waals surface area (Å²) in [6.45, 7) is 3.78. The summed E-state index contributed by atoms with van der Waals surface area (Å²) in [5, 5.41) is 12.2. The summed E-state index contributed by atoms with van der Waals surface area (Å²) < 4.78 is 5.32. The Morgan fingerprint density at radius 3 is 2.53 bits per heavy atom. The Labute approximate surface area is 110 Å². The zero-order valence-corrected chi connectivity index (χ0v) is 10.8. The predicted molar refractivity (Wildman–Crippen MR) is 68.8 cm³/mol. The first kappa shape index (κ1) is 13.1. The third kappa shape index (κ3) is 2.45. The summed E-state index contributed by atoms with van der Waals surface area (Å²) in [7, 11) is 0. The second-order valence-electron chi connectivity index (χ2n) is 4.23. The number of Topliss-reactive ketones (excluding diaryl/α,β-unsaturated/α-hetero) is 1. The van der Waals surface area contributed by atoms with Gasteiger partial charge in [-0.3, -0.25) is 9.59 Å². The van der Waals surface area contributed by atoms with E-state index in [-0.39, 0.29) is 11.4 Å². The van der Waals surface area contributed by atoms with Crippen molar-refractivity contribution in [3.63, 3.8) is 0 Å². The number of aliphatic hydroxyl groups excluding tert-OH is 1. The van der Waals surface area contributed by atoms with Crippen molar-refractivity contribution >= 4 is 11.7 Å². The summed E-state index contributed by atoms with van der Waals surface area (Å²) in [6.07, 6.45) is 0. The van der Waals surface area contributed by atoms with E-state index >= 15 is 0 Å². The van der Waals surface area contributed by atoms with Gasteiger partial charge < -0.3 is 15.2 Å². The first-order valence-electron chi connectivity index (χ1n) is 6.02. The third-order valence-corrected chi connectivity index (χ3v) is 2.94. The number of carbonyl (C=O) groups is 2. The molecule has 2 N–H and O–H groups in total. The fraction of sp³-hybridized carbons (Fsp3) is 0.286. The number of ketones is 1. The molecule has 0 aromatic heterocycles. The SMILES string of the molecule is CCOc1ccc([C@@H]2NC(=O)C(O)=C2C(C)=O)cc1. The molecule has 0 aliphatic carbocycles. The van der Waals surface area contributed by atoms with Crippen LogP contribution in [0.2, 0.25) is 0 Å². The van der Waals surface area contributed by atoms with Gasteiger partial charge in [-0.05, 0) is 31.5 Å². The average Bonchev–Trinajstić information content (AvgIpc) is 2.67. The maximum atomic E-state index is 11.5. The Bertz CT molecular complexity index is 545. The van der Waals surface area contributed by atoms with Crippen molar-refractivity contribution in [1.82, 2.24) is 5.32 Å². The van der Waals surface area contributed by atoms with Gasteiger partial charge in [0.2, 0.25) is 0 Å². The second-order valence-corrected chi connectivity index (χ2v) is 4.23. The largest absolute Gasteiger partial charge is 0.503 e. The van der Waals surface area contributed by atoms with E-state index in [1.807, 2.05) is 6.92 Å². The maximum absolute atomic E-state index is 11.5. The molecule has 19 heavy (non-hydrogen) atoms. The van der Waals surface area contributed by atoms with E-state index in [0.717, 1.165) is 5.56 Å². The Kier molecular flexibility index (Phi) is 3.55. The molecule has 100 valence electrons. The average molecular weight is 261 g/mol. The topological polar surface area (TPSA) is 75.6 Å². The van der Waals surface area contributed by atoms with Gasteiger partial charge in [-0.25, -0.2) is 0 Å². The second kappa shape index (κ2) is 5.14. The van der Waals surface area contributed by atoms with E-state index < -0.39 is 17.7 Å². The molecule has 0 saturated carbocycles. The lowest BCUT2D eigenvalue weighted by molar-refractivity contribution is -0.119. The molecule has 0 fully saturated rings. The zero-order chi connectivity index (χ0) is 14.0. The van der Waals surface area contributed by atoms with Crippen LogP contribution in [0.3, 0.4) is 0 Å². The van der Waals surface area contributed by atoms with Crippen LogP contribution < -0.4 is 10.1 Å². The van der Waals surface area contributed by atoms with E-state index in [1.165, 1.54) is 6.92 Å². The van der Waals surface area contributed by atoms with Crippen molar-refractivity contribution < 1.29 is 19.4 Å². The molecule has 1 aliphatic heterocycles. The minimum absolute atomic E-state index is 0.106. The molecule has 0 spiro atoms. The third-order valence-electron chi connectivity index (χ3n) is 2.94.